The zero-order valence-corrected chi connectivity index (χ0v) is 11.1. The van der Waals surface area contributed by atoms with Crippen LogP contribution in [0, 0.1) is 6.92 Å². The van der Waals surface area contributed by atoms with Crippen LogP contribution in [0.1, 0.15) is 19.4 Å². The molecule has 94 valence electrons. The molecule has 0 aliphatic carbocycles. The van der Waals surface area contributed by atoms with E-state index in [-0.39, 0.29) is 5.54 Å². The standard InChI is InChI=1S/C12H21N5/c1-9-10(13)14-8-15-11(9)17-6-5-16(4)12(2,3)7-17/h8H,5-7H2,1-4H3,(H2,13,14,15). The molecule has 2 heterocycles. The van der Waals surface area contributed by atoms with E-state index in [1.54, 1.807) is 6.33 Å². The molecule has 1 aromatic rings. The number of likely N-dealkylation sites (N-methyl/N-ethyl adjacent to an activating group) is 1. The number of hydrogen-bond donors (Lipinski definition) is 1. The highest BCUT2D eigenvalue weighted by Gasteiger charge is 2.32. The fourth-order valence-corrected chi connectivity index (χ4v) is 2.19. The maximum atomic E-state index is 5.83. The molecule has 1 aliphatic rings. The van der Waals surface area contributed by atoms with Gasteiger partial charge in [0.25, 0.3) is 0 Å². The van der Waals surface area contributed by atoms with Crippen LogP contribution in [0.5, 0.6) is 0 Å². The van der Waals surface area contributed by atoms with Crippen LogP contribution in [0.2, 0.25) is 0 Å². The summed E-state index contributed by atoms with van der Waals surface area (Å²) in [4.78, 5) is 13.1. The molecule has 17 heavy (non-hydrogen) atoms. The lowest BCUT2D eigenvalue weighted by molar-refractivity contribution is 0.138. The number of nitrogens with zero attached hydrogens (tertiary/aromatic N) is 4. The molecule has 0 radical (unpaired) electrons. The van der Waals surface area contributed by atoms with E-state index in [0.717, 1.165) is 31.0 Å². The lowest BCUT2D eigenvalue weighted by Gasteiger charge is -2.46. The van der Waals surface area contributed by atoms with Crippen molar-refractivity contribution < 1.29 is 0 Å². The first-order valence-electron chi connectivity index (χ1n) is 5.95. The second kappa shape index (κ2) is 4.14. The van der Waals surface area contributed by atoms with Gasteiger partial charge in [0.1, 0.15) is 18.0 Å². The molecular weight excluding hydrogens is 214 g/mol. The van der Waals surface area contributed by atoms with E-state index in [2.05, 4.69) is 40.7 Å². The monoisotopic (exact) mass is 235 g/mol. The summed E-state index contributed by atoms with van der Waals surface area (Å²) in [5.74, 6) is 1.55. The molecule has 1 saturated heterocycles. The summed E-state index contributed by atoms with van der Waals surface area (Å²) in [5, 5.41) is 0. The van der Waals surface area contributed by atoms with Crippen molar-refractivity contribution >= 4 is 11.6 Å². The van der Waals surface area contributed by atoms with Gasteiger partial charge in [-0.25, -0.2) is 9.97 Å². The predicted octanol–water partition coefficient (Wildman–Crippen LogP) is 0.898. The average Bonchev–Trinajstić information content (AvgIpc) is 2.26. The van der Waals surface area contributed by atoms with Crippen molar-refractivity contribution in [1.82, 2.24) is 14.9 Å². The minimum atomic E-state index is 0.157. The Labute approximate surface area is 103 Å². The molecule has 1 aliphatic heterocycles. The van der Waals surface area contributed by atoms with Crippen LogP contribution in [0.25, 0.3) is 0 Å². The Bertz CT molecular complexity index is 415. The molecule has 0 aromatic carbocycles. The van der Waals surface area contributed by atoms with Crippen molar-refractivity contribution in [3.63, 3.8) is 0 Å². The van der Waals surface area contributed by atoms with E-state index < -0.39 is 0 Å². The van der Waals surface area contributed by atoms with Gasteiger partial charge in [-0.05, 0) is 27.8 Å². The Hall–Kier alpha value is -1.36. The number of piperazine rings is 1. The van der Waals surface area contributed by atoms with Crippen LogP contribution in [0.15, 0.2) is 6.33 Å². The van der Waals surface area contributed by atoms with Crippen LogP contribution in [-0.2, 0) is 0 Å². The summed E-state index contributed by atoms with van der Waals surface area (Å²) in [6.45, 7) is 9.46. The molecule has 0 atom stereocenters. The Morgan fingerprint density at radius 2 is 2.00 bits per heavy atom. The van der Waals surface area contributed by atoms with Crippen LogP contribution in [0.3, 0.4) is 0 Å². The third-order valence-electron chi connectivity index (χ3n) is 3.71. The summed E-state index contributed by atoms with van der Waals surface area (Å²) in [6, 6.07) is 0. The molecule has 0 spiro atoms. The van der Waals surface area contributed by atoms with Gasteiger partial charge >= 0.3 is 0 Å². The first kappa shape index (κ1) is 12.1. The summed E-state index contributed by atoms with van der Waals surface area (Å²) in [7, 11) is 2.17. The number of nitrogen functional groups attached to an aromatic ring is 1. The minimum absolute atomic E-state index is 0.157. The molecule has 2 rings (SSSR count). The van der Waals surface area contributed by atoms with Gasteiger partial charge in [-0.15, -0.1) is 0 Å². The largest absolute Gasteiger partial charge is 0.383 e. The van der Waals surface area contributed by atoms with Crippen molar-refractivity contribution in [3.05, 3.63) is 11.9 Å². The highest BCUT2D eigenvalue weighted by Crippen LogP contribution is 2.26. The zero-order valence-electron chi connectivity index (χ0n) is 11.1. The van der Waals surface area contributed by atoms with Crippen molar-refractivity contribution in [2.75, 3.05) is 37.3 Å². The third kappa shape index (κ3) is 2.20. The van der Waals surface area contributed by atoms with Crippen LogP contribution >= 0.6 is 0 Å². The zero-order chi connectivity index (χ0) is 12.6. The number of nitrogens with two attached hydrogens (primary N) is 1. The van der Waals surface area contributed by atoms with Gasteiger partial charge in [-0.3, -0.25) is 4.90 Å². The molecule has 0 saturated carbocycles. The van der Waals surface area contributed by atoms with E-state index in [1.165, 1.54) is 0 Å². The van der Waals surface area contributed by atoms with Crippen LogP contribution < -0.4 is 10.6 Å². The summed E-state index contributed by atoms with van der Waals surface area (Å²) >= 11 is 0. The Morgan fingerprint density at radius 3 is 2.65 bits per heavy atom. The van der Waals surface area contributed by atoms with Gasteiger partial charge in [0.15, 0.2) is 0 Å². The SMILES string of the molecule is Cc1c(N)ncnc1N1CCN(C)C(C)(C)C1. The van der Waals surface area contributed by atoms with Crippen molar-refractivity contribution in [2.45, 2.75) is 26.3 Å². The van der Waals surface area contributed by atoms with Crippen molar-refractivity contribution in [3.8, 4) is 0 Å². The number of hydrogen-bond acceptors (Lipinski definition) is 5. The Balaban J connectivity index is 2.27. The number of anilines is 2. The molecule has 1 fully saturated rings. The van der Waals surface area contributed by atoms with Gasteiger partial charge in [0.2, 0.25) is 0 Å². The van der Waals surface area contributed by atoms with E-state index >= 15 is 0 Å². The topological polar surface area (TPSA) is 58.3 Å². The van der Waals surface area contributed by atoms with Gasteiger partial charge in [0, 0.05) is 30.7 Å². The van der Waals surface area contributed by atoms with E-state index in [0.29, 0.717) is 5.82 Å². The quantitative estimate of drug-likeness (QED) is 0.783. The molecule has 1 aromatic heterocycles. The van der Waals surface area contributed by atoms with Gasteiger partial charge < -0.3 is 10.6 Å². The molecule has 2 N–H and O–H groups in total. The van der Waals surface area contributed by atoms with Crippen LogP contribution in [0.4, 0.5) is 11.6 Å². The Morgan fingerprint density at radius 1 is 1.29 bits per heavy atom. The number of aromatic nitrogens is 2. The lowest BCUT2D eigenvalue weighted by atomic mass is 9.99. The molecule has 0 amide bonds. The smallest absolute Gasteiger partial charge is 0.137 e. The highest BCUT2D eigenvalue weighted by molar-refractivity contribution is 5.56. The van der Waals surface area contributed by atoms with Crippen molar-refractivity contribution in [1.29, 1.82) is 0 Å². The normalized spacial score (nSPS) is 20.6. The first-order chi connectivity index (χ1) is 7.92. The maximum absolute atomic E-state index is 5.83. The summed E-state index contributed by atoms with van der Waals surface area (Å²) in [5.41, 5.74) is 6.97. The second-order valence-electron chi connectivity index (χ2n) is 5.36. The fraction of sp³-hybridized carbons (Fsp3) is 0.667. The van der Waals surface area contributed by atoms with Gasteiger partial charge in [0.05, 0.1) is 0 Å². The van der Waals surface area contributed by atoms with E-state index in [4.69, 9.17) is 5.73 Å². The Kier molecular flexibility index (Phi) is 2.95. The lowest BCUT2D eigenvalue weighted by Crippen LogP contribution is -2.58. The molecule has 0 bridgehead atoms. The minimum Gasteiger partial charge on any atom is -0.383 e. The van der Waals surface area contributed by atoms with Crippen molar-refractivity contribution in [2.24, 2.45) is 0 Å². The molecule has 0 unspecified atom stereocenters. The fourth-order valence-electron chi connectivity index (χ4n) is 2.19. The third-order valence-corrected chi connectivity index (χ3v) is 3.71. The average molecular weight is 235 g/mol. The second-order valence-corrected chi connectivity index (χ2v) is 5.36. The maximum Gasteiger partial charge on any atom is 0.137 e. The molecular formula is C12H21N5. The van der Waals surface area contributed by atoms with Gasteiger partial charge in [-0.2, -0.15) is 0 Å². The molecule has 5 heteroatoms. The summed E-state index contributed by atoms with van der Waals surface area (Å²) in [6.07, 6.45) is 1.54. The predicted molar refractivity (Wildman–Crippen MR) is 70.1 cm³/mol. The highest BCUT2D eigenvalue weighted by atomic mass is 15.3. The van der Waals surface area contributed by atoms with Crippen LogP contribution in [-0.4, -0.2) is 47.1 Å². The first-order valence-corrected chi connectivity index (χ1v) is 5.95. The molecule has 5 nitrogen and oxygen atoms in total. The van der Waals surface area contributed by atoms with E-state index in [1.807, 2.05) is 6.92 Å². The van der Waals surface area contributed by atoms with Gasteiger partial charge in [-0.1, -0.05) is 0 Å². The van der Waals surface area contributed by atoms with E-state index in [9.17, 15) is 0 Å². The summed E-state index contributed by atoms with van der Waals surface area (Å²) < 4.78 is 0. The number of rotatable bonds is 1.